The summed E-state index contributed by atoms with van der Waals surface area (Å²) in [7, 11) is 1.56. The number of ether oxygens (including phenoxy) is 3. The Morgan fingerprint density at radius 3 is 2.69 bits per heavy atom. The van der Waals surface area contributed by atoms with Crippen molar-refractivity contribution in [2.75, 3.05) is 13.7 Å². The van der Waals surface area contributed by atoms with Crippen LogP contribution in [-0.4, -0.2) is 59.9 Å². The summed E-state index contributed by atoms with van der Waals surface area (Å²) in [4.78, 5) is 32.4. The zero-order valence-corrected chi connectivity index (χ0v) is 22.7. The lowest BCUT2D eigenvalue weighted by atomic mass is 9.89. The van der Waals surface area contributed by atoms with Gasteiger partial charge in [0, 0.05) is 31.1 Å². The molecule has 2 heterocycles. The number of fused-ring (bicyclic) bond motifs is 1. The highest BCUT2D eigenvalue weighted by Crippen LogP contribution is 2.47. The maximum absolute atomic E-state index is 13.4. The fourth-order valence-electron chi connectivity index (χ4n) is 5.35. The molecule has 2 amide bonds. The van der Waals surface area contributed by atoms with Gasteiger partial charge in [0.25, 0.3) is 0 Å². The summed E-state index contributed by atoms with van der Waals surface area (Å²) in [6, 6.07) is 2.91. The van der Waals surface area contributed by atoms with Gasteiger partial charge in [-0.15, -0.1) is 13.2 Å². The first-order chi connectivity index (χ1) is 18.1. The number of rotatable bonds is 8. The van der Waals surface area contributed by atoms with E-state index in [4.69, 9.17) is 15.2 Å². The van der Waals surface area contributed by atoms with Gasteiger partial charge in [0.05, 0.1) is 30.7 Å². The van der Waals surface area contributed by atoms with E-state index in [0.29, 0.717) is 25.0 Å². The number of aliphatic imine (C=N–C) groups is 1. The van der Waals surface area contributed by atoms with Gasteiger partial charge in [0.1, 0.15) is 17.1 Å². The molecule has 4 atom stereocenters. The number of amides is 2. The number of carbonyl (C=O) groups is 2. The lowest BCUT2D eigenvalue weighted by molar-refractivity contribution is -0.274. The van der Waals surface area contributed by atoms with Crippen LogP contribution in [0.25, 0.3) is 0 Å². The Hall–Kier alpha value is -3.28. The molecular weight excluding hydrogens is 517 g/mol. The van der Waals surface area contributed by atoms with Crippen LogP contribution in [0.3, 0.4) is 0 Å². The number of methoxy groups -OCH3 is 1. The molecule has 0 bridgehead atoms. The van der Waals surface area contributed by atoms with E-state index in [1.54, 1.807) is 27.0 Å². The lowest BCUT2D eigenvalue weighted by Gasteiger charge is -2.38. The van der Waals surface area contributed by atoms with Crippen molar-refractivity contribution in [3.05, 3.63) is 35.9 Å². The fraction of sp³-hybridized carbons (Fsp3) is 0.593. The average Bonchev–Trinajstić information content (AvgIpc) is 3.55. The quantitative estimate of drug-likeness (QED) is 0.474. The number of benzene rings is 1. The molecule has 39 heavy (non-hydrogen) atoms. The van der Waals surface area contributed by atoms with Crippen molar-refractivity contribution < 1.29 is 37.0 Å². The van der Waals surface area contributed by atoms with Gasteiger partial charge in [-0.3, -0.25) is 14.5 Å². The molecule has 1 fully saturated rings. The number of halogens is 3. The summed E-state index contributed by atoms with van der Waals surface area (Å²) in [5.41, 5.74) is 5.43. The third kappa shape index (κ3) is 6.84. The minimum absolute atomic E-state index is 0.117. The first kappa shape index (κ1) is 28.7. The monoisotopic (exact) mass is 552 g/mol. The average molecular weight is 553 g/mol. The molecule has 9 nitrogen and oxygen atoms in total. The lowest BCUT2D eigenvalue weighted by Crippen LogP contribution is -2.54. The fourth-order valence-corrected chi connectivity index (χ4v) is 5.35. The minimum Gasteiger partial charge on any atom is -0.487 e. The van der Waals surface area contributed by atoms with Crippen molar-refractivity contribution in [1.82, 2.24) is 10.2 Å². The first-order valence-corrected chi connectivity index (χ1v) is 12.8. The van der Waals surface area contributed by atoms with E-state index in [1.165, 1.54) is 23.1 Å². The zero-order valence-electron chi connectivity index (χ0n) is 22.7. The topological polar surface area (TPSA) is 115 Å². The summed E-state index contributed by atoms with van der Waals surface area (Å²) in [6.07, 6.45) is -0.0723. The molecule has 3 N–H and O–H groups in total. The normalized spacial score (nSPS) is 26.4. The third-order valence-corrected chi connectivity index (χ3v) is 7.02. The number of carbonyl (C=O) groups excluding carboxylic acids is 2. The predicted octanol–water partition coefficient (Wildman–Crippen LogP) is 3.84. The second-order valence-electron chi connectivity index (χ2n) is 11.5. The maximum atomic E-state index is 13.4. The Bertz CT molecular complexity index is 1180. The number of guanidine groups is 1. The number of nitrogens with one attached hydrogen (secondary N) is 1. The van der Waals surface area contributed by atoms with Crippen molar-refractivity contribution in [2.24, 2.45) is 22.6 Å². The van der Waals surface area contributed by atoms with E-state index in [9.17, 15) is 22.8 Å². The van der Waals surface area contributed by atoms with Crippen molar-refractivity contribution in [3.63, 3.8) is 0 Å². The number of alkyl halides is 3. The van der Waals surface area contributed by atoms with Crippen LogP contribution in [0, 0.1) is 11.8 Å². The van der Waals surface area contributed by atoms with Crippen molar-refractivity contribution in [1.29, 1.82) is 0 Å². The van der Waals surface area contributed by atoms with Gasteiger partial charge in [-0.1, -0.05) is 12.2 Å². The maximum Gasteiger partial charge on any atom is 0.573 e. The van der Waals surface area contributed by atoms with Gasteiger partial charge in [-0.2, -0.15) is 0 Å². The predicted molar refractivity (Wildman–Crippen MR) is 137 cm³/mol. The highest BCUT2D eigenvalue weighted by Gasteiger charge is 2.52. The molecule has 1 aliphatic carbocycles. The molecule has 2 aliphatic heterocycles. The largest absolute Gasteiger partial charge is 0.573 e. The molecule has 3 aliphatic rings. The smallest absolute Gasteiger partial charge is 0.487 e. The number of hydrogen-bond acceptors (Lipinski definition) is 7. The highest BCUT2D eigenvalue weighted by atomic mass is 19.4. The molecule has 1 aromatic rings. The van der Waals surface area contributed by atoms with E-state index in [-0.39, 0.29) is 41.8 Å². The molecule has 0 radical (unpaired) electrons. The Morgan fingerprint density at radius 2 is 2.05 bits per heavy atom. The second kappa shape index (κ2) is 10.4. The van der Waals surface area contributed by atoms with E-state index in [1.807, 2.05) is 19.9 Å². The molecule has 1 saturated carbocycles. The van der Waals surface area contributed by atoms with Crippen LogP contribution in [0.2, 0.25) is 0 Å². The summed E-state index contributed by atoms with van der Waals surface area (Å²) in [5, 5.41) is 3.06. The van der Waals surface area contributed by atoms with Crippen LogP contribution >= 0.6 is 0 Å². The van der Waals surface area contributed by atoms with Gasteiger partial charge in [0.2, 0.25) is 11.8 Å². The Morgan fingerprint density at radius 1 is 1.33 bits per heavy atom. The molecule has 12 heteroatoms. The first-order valence-electron chi connectivity index (χ1n) is 12.8. The van der Waals surface area contributed by atoms with E-state index < -0.39 is 35.3 Å². The third-order valence-electron chi connectivity index (χ3n) is 7.02. The van der Waals surface area contributed by atoms with Gasteiger partial charge >= 0.3 is 6.36 Å². The van der Waals surface area contributed by atoms with E-state index in [0.717, 1.165) is 0 Å². The molecule has 1 unspecified atom stereocenters. The summed E-state index contributed by atoms with van der Waals surface area (Å²) in [6.45, 7) is 7.61. The Kier molecular flexibility index (Phi) is 7.63. The number of nitrogens with zero attached hydrogens (tertiary/aromatic N) is 2. The molecular formula is C27H35F3N4O5. The van der Waals surface area contributed by atoms with Gasteiger partial charge in [0.15, 0.2) is 5.96 Å². The number of nitrogens with two attached hydrogens (primary N) is 1. The zero-order chi connectivity index (χ0) is 28.8. The van der Waals surface area contributed by atoms with Crippen LogP contribution in [0.1, 0.15) is 58.6 Å². The summed E-state index contributed by atoms with van der Waals surface area (Å²) >= 11 is 0. The Balaban J connectivity index is 1.52. The van der Waals surface area contributed by atoms with Crippen molar-refractivity contribution >= 4 is 17.8 Å². The Labute approximate surface area is 225 Å². The molecule has 0 saturated heterocycles. The molecule has 214 valence electrons. The SMILES string of the molecule is COC/C=C/[C@@H](C1C[C@H]1C(=O)N[C@H]1CC(C)(C)Oc2cc(OC(F)(F)F)ccc21)N1C(=O)CC(C)(C)N=C1N. The van der Waals surface area contributed by atoms with Crippen molar-refractivity contribution in [2.45, 2.75) is 76.5 Å². The molecule has 1 aromatic carbocycles. The second-order valence-corrected chi connectivity index (χ2v) is 11.5. The van der Waals surface area contributed by atoms with Crippen molar-refractivity contribution in [3.8, 4) is 11.5 Å². The van der Waals surface area contributed by atoms with Gasteiger partial charge < -0.3 is 25.3 Å². The van der Waals surface area contributed by atoms with Crippen LogP contribution in [0.15, 0.2) is 35.3 Å². The summed E-state index contributed by atoms with van der Waals surface area (Å²) < 4.78 is 53.2. The van der Waals surface area contributed by atoms with Crippen LogP contribution in [0.4, 0.5) is 13.2 Å². The molecule has 0 aromatic heterocycles. The van der Waals surface area contributed by atoms with Crippen LogP contribution in [-0.2, 0) is 14.3 Å². The summed E-state index contributed by atoms with van der Waals surface area (Å²) in [5.74, 6) is -1.02. The minimum atomic E-state index is -4.83. The van der Waals surface area contributed by atoms with Crippen LogP contribution in [0.5, 0.6) is 11.5 Å². The van der Waals surface area contributed by atoms with Gasteiger partial charge in [-0.25, -0.2) is 4.99 Å². The van der Waals surface area contributed by atoms with Crippen LogP contribution < -0.4 is 20.5 Å². The van der Waals surface area contributed by atoms with E-state index >= 15 is 0 Å². The van der Waals surface area contributed by atoms with Gasteiger partial charge in [-0.05, 0) is 52.2 Å². The standard InChI is InChI=1S/C27H35F3N4O5/c1-25(2)14-22(35)34(24(31)33-25)20(7-6-10-37-5)17-12-18(17)23(36)32-19-13-26(3,4)39-21-11-15(8-9-16(19)21)38-27(28,29)30/h6-9,11,17-20H,10,12-14H2,1-5H3,(H2,31,33)(H,32,36)/b7-6+/t17?,18-,19+,20+/m1/s1. The highest BCUT2D eigenvalue weighted by molar-refractivity contribution is 5.99. The van der Waals surface area contributed by atoms with E-state index in [2.05, 4.69) is 15.0 Å². The number of hydrogen-bond donors (Lipinski definition) is 2. The molecule has 4 rings (SSSR count). The molecule has 0 spiro atoms.